The summed E-state index contributed by atoms with van der Waals surface area (Å²) < 4.78 is 10.8. The van der Waals surface area contributed by atoms with Crippen LogP contribution in [0.15, 0.2) is 18.3 Å². The fourth-order valence-corrected chi connectivity index (χ4v) is 3.16. The van der Waals surface area contributed by atoms with Crippen LogP contribution in [0.5, 0.6) is 5.88 Å². The smallest absolute Gasteiger partial charge is 0.410 e. The zero-order valence-corrected chi connectivity index (χ0v) is 16.0. The fraction of sp³-hybridized carbons (Fsp3) is 0.684. The molecule has 0 spiro atoms. The lowest BCUT2D eigenvalue weighted by Gasteiger charge is -2.30. The number of ether oxygens (including phenoxy) is 2. The van der Waals surface area contributed by atoms with Crippen molar-refractivity contribution in [3.8, 4) is 5.88 Å². The van der Waals surface area contributed by atoms with Gasteiger partial charge in [0.15, 0.2) is 0 Å². The SMILES string of the molecule is COc1ncccc1CNC(C)CC1CCCN1C(=O)OC(C)(C)C. The minimum atomic E-state index is -0.453. The third-order valence-electron chi connectivity index (χ3n) is 4.32. The van der Waals surface area contributed by atoms with E-state index in [0.29, 0.717) is 12.4 Å². The van der Waals surface area contributed by atoms with Crippen molar-refractivity contribution in [2.45, 2.75) is 71.2 Å². The maximum atomic E-state index is 12.4. The Hall–Kier alpha value is -1.82. The molecule has 1 saturated heterocycles. The lowest BCUT2D eigenvalue weighted by Crippen LogP contribution is -2.42. The van der Waals surface area contributed by atoms with Gasteiger partial charge in [-0.1, -0.05) is 6.07 Å². The second kappa shape index (κ2) is 8.52. The van der Waals surface area contributed by atoms with Crippen molar-refractivity contribution >= 4 is 6.09 Å². The molecule has 6 heteroatoms. The van der Waals surface area contributed by atoms with Gasteiger partial charge in [-0.3, -0.25) is 0 Å². The number of amides is 1. The van der Waals surface area contributed by atoms with Crippen molar-refractivity contribution in [2.24, 2.45) is 0 Å². The molecule has 0 aromatic carbocycles. The molecule has 6 nitrogen and oxygen atoms in total. The second-order valence-corrected chi connectivity index (χ2v) is 7.66. The Kier molecular flexibility index (Phi) is 6.64. The maximum Gasteiger partial charge on any atom is 0.410 e. The van der Waals surface area contributed by atoms with E-state index in [2.05, 4.69) is 17.2 Å². The zero-order valence-electron chi connectivity index (χ0n) is 16.0. The number of pyridine rings is 1. The summed E-state index contributed by atoms with van der Waals surface area (Å²) in [6.07, 6.45) is 4.50. The molecule has 1 fully saturated rings. The van der Waals surface area contributed by atoms with Crippen LogP contribution in [-0.2, 0) is 11.3 Å². The monoisotopic (exact) mass is 349 g/mol. The van der Waals surface area contributed by atoms with Gasteiger partial charge in [0.25, 0.3) is 0 Å². The Morgan fingerprint density at radius 3 is 2.92 bits per heavy atom. The molecule has 1 N–H and O–H groups in total. The van der Waals surface area contributed by atoms with E-state index in [4.69, 9.17) is 9.47 Å². The van der Waals surface area contributed by atoms with E-state index in [9.17, 15) is 4.79 Å². The molecule has 1 amide bonds. The van der Waals surface area contributed by atoms with Crippen LogP contribution < -0.4 is 10.1 Å². The summed E-state index contributed by atoms with van der Waals surface area (Å²) in [6, 6.07) is 4.42. The van der Waals surface area contributed by atoms with E-state index >= 15 is 0 Å². The van der Waals surface area contributed by atoms with Gasteiger partial charge in [0, 0.05) is 36.9 Å². The third kappa shape index (κ3) is 5.88. The summed E-state index contributed by atoms with van der Waals surface area (Å²) in [7, 11) is 1.63. The van der Waals surface area contributed by atoms with Gasteiger partial charge in [0.2, 0.25) is 5.88 Å². The molecular weight excluding hydrogens is 318 g/mol. The first-order valence-corrected chi connectivity index (χ1v) is 9.01. The maximum absolute atomic E-state index is 12.4. The number of hydrogen-bond donors (Lipinski definition) is 1. The molecule has 2 heterocycles. The molecule has 0 saturated carbocycles. The summed E-state index contributed by atoms with van der Waals surface area (Å²) in [4.78, 5) is 18.5. The molecule has 1 aromatic heterocycles. The molecule has 0 radical (unpaired) electrons. The van der Waals surface area contributed by atoms with Gasteiger partial charge in [0.1, 0.15) is 5.60 Å². The number of nitrogens with zero attached hydrogens (tertiary/aromatic N) is 2. The van der Waals surface area contributed by atoms with E-state index in [1.165, 1.54) is 0 Å². The number of nitrogens with one attached hydrogen (secondary N) is 1. The molecule has 140 valence electrons. The summed E-state index contributed by atoms with van der Waals surface area (Å²) in [5.41, 5.74) is 0.581. The van der Waals surface area contributed by atoms with Crippen LogP contribution in [0, 0.1) is 0 Å². The lowest BCUT2D eigenvalue weighted by atomic mass is 10.1. The number of rotatable bonds is 6. The minimum Gasteiger partial charge on any atom is -0.481 e. The Bertz CT molecular complexity index is 571. The molecule has 2 rings (SSSR count). The number of methoxy groups -OCH3 is 1. The summed E-state index contributed by atoms with van der Waals surface area (Å²) in [5, 5.41) is 3.51. The molecule has 0 aliphatic carbocycles. The van der Waals surface area contributed by atoms with Crippen molar-refractivity contribution in [1.82, 2.24) is 15.2 Å². The molecule has 2 unspecified atom stereocenters. The third-order valence-corrected chi connectivity index (χ3v) is 4.32. The highest BCUT2D eigenvalue weighted by molar-refractivity contribution is 5.68. The summed E-state index contributed by atoms with van der Waals surface area (Å²) in [6.45, 7) is 9.33. The first-order chi connectivity index (χ1) is 11.8. The van der Waals surface area contributed by atoms with Gasteiger partial charge in [0.05, 0.1) is 7.11 Å². The van der Waals surface area contributed by atoms with Crippen LogP contribution in [0.2, 0.25) is 0 Å². The molecular formula is C19H31N3O3. The highest BCUT2D eigenvalue weighted by Gasteiger charge is 2.32. The van der Waals surface area contributed by atoms with Gasteiger partial charge in [-0.25, -0.2) is 9.78 Å². The molecule has 1 aromatic rings. The lowest BCUT2D eigenvalue weighted by molar-refractivity contribution is 0.0214. The molecule has 25 heavy (non-hydrogen) atoms. The Labute approximate surface area is 150 Å². The highest BCUT2D eigenvalue weighted by atomic mass is 16.6. The van der Waals surface area contributed by atoms with Crippen molar-refractivity contribution in [3.05, 3.63) is 23.9 Å². The summed E-state index contributed by atoms with van der Waals surface area (Å²) in [5.74, 6) is 0.651. The van der Waals surface area contributed by atoms with Crippen molar-refractivity contribution in [3.63, 3.8) is 0 Å². The quantitative estimate of drug-likeness (QED) is 0.853. The fourth-order valence-electron chi connectivity index (χ4n) is 3.16. The zero-order chi connectivity index (χ0) is 18.4. The normalized spacial score (nSPS) is 18.9. The van der Waals surface area contributed by atoms with Crippen molar-refractivity contribution < 1.29 is 14.3 Å². The predicted molar refractivity (Wildman–Crippen MR) is 97.7 cm³/mol. The van der Waals surface area contributed by atoms with E-state index in [1.54, 1.807) is 13.3 Å². The Morgan fingerprint density at radius 1 is 1.48 bits per heavy atom. The first kappa shape index (κ1) is 19.5. The van der Waals surface area contributed by atoms with Gasteiger partial charge in [-0.15, -0.1) is 0 Å². The van der Waals surface area contributed by atoms with Crippen LogP contribution in [0.4, 0.5) is 4.79 Å². The van der Waals surface area contributed by atoms with Crippen LogP contribution in [-0.4, -0.2) is 47.3 Å². The number of carbonyl (C=O) groups is 1. The van der Waals surface area contributed by atoms with Gasteiger partial charge >= 0.3 is 6.09 Å². The molecule has 1 aliphatic rings. The minimum absolute atomic E-state index is 0.198. The van der Waals surface area contributed by atoms with E-state index in [-0.39, 0.29) is 18.2 Å². The molecule has 2 atom stereocenters. The van der Waals surface area contributed by atoms with Gasteiger partial charge in [-0.05, 0) is 53.0 Å². The number of carbonyl (C=O) groups excluding carboxylic acids is 1. The van der Waals surface area contributed by atoms with Crippen molar-refractivity contribution in [2.75, 3.05) is 13.7 Å². The average molecular weight is 349 g/mol. The van der Waals surface area contributed by atoms with E-state index in [0.717, 1.165) is 31.4 Å². The van der Waals surface area contributed by atoms with Crippen LogP contribution in [0.25, 0.3) is 0 Å². The Morgan fingerprint density at radius 2 is 2.24 bits per heavy atom. The van der Waals surface area contributed by atoms with Gasteiger partial charge in [-0.2, -0.15) is 0 Å². The van der Waals surface area contributed by atoms with E-state index < -0.39 is 5.60 Å². The topological polar surface area (TPSA) is 63.7 Å². The Balaban J connectivity index is 1.86. The van der Waals surface area contributed by atoms with E-state index in [1.807, 2.05) is 37.8 Å². The number of aromatic nitrogens is 1. The summed E-state index contributed by atoms with van der Waals surface area (Å²) >= 11 is 0. The van der Waals surface area contributed by atoms with Crippen LogP contribution in [0.3, 0.4) is 0 Å². The molecule has 1 aliphatic heterocycles. The molecule has 0 bridgehead atoms. The van der Waals surface area contributed by atoms with Crippen molar-refractivity contribution in [1.29, 1.82) is 0 Å². The van der Waals surface area contributed by atoms with Crippen LogP contribution in [0.1, 0.15) is 52.5 Å². The predicted octanol–water partition coefficient (Wildman–Crippen LogP) is 3.36. The second-order valence-electron chi connectivity index (χ2n) is 7.66. The highest BCUT2D eigenvalue weighted by Crippen LogP contribution is 2.24. The largest absolute Gasteiger partial charge is 0.481 e. The van der Waals surface area contributed by atoms with Gasteiger partial charge < -0.3 is 19.7 Å². The average Bonchev–Trinajstić information content (AvgIpc) is 2.99. The van der Waals surface area contributed by atoms with Crippen LogP contribution >= 0.6 is 0 Å². The first-order valence-electron chi connectivity index (χ1n) is 9.01. The number of hydrogen-bond acceptors (Lipinski definition) is 5. The standard InChI is InChI=1S/C19H31N3O3/c1-14(21-13-15-8-6-10-20-17(15)24-5)12-16-9-7-11-22(16)18(23)25-19(2,3)4/h6,8,10,14,16,21H,7,9,11-13H2,1-5H3. The number of likely N-dealkylation sites (tertiary alicyclic amines) is 1.